The minimum absolute atomic E-state index is 0.0922. The summed E-state index contributed by atoms with van der Waals surface area (Å²) >= 11 is 6.86. The molecule has 8 heteroatoms. The molecule has 0 spiro atoms. The number of para-hydroxylation sites is 1. The second kappa shape index (κ2) is 9.56. The molecule has 0 bridgehead atoms. The molecule has 2 aromatic carbocycles. The van der Waals surface area contributed by atoms with Crippen LogP contribution in [-0.2, 0) is 16.1 Å². The Bertz CT molecular complexity index is 1300. The molecule has 2 fully saturated rings. The van der Waals surface area contributed by atoms with Crippen LogP contribution < -0.4 is 10.6 Å². The number of amides is 2. The zero-order chi connectivity index (χ0) is 23.7. The van der Waals surface area contributed by atoms with Gasteiger partial charge < -0.3 is 10.6 Å². The van der Waals surface area contributed by atoms with Crippen molar-refractivity contribution in [3.63, 3.8) is 0 Å². The van der Waals surface area contributed by atoms with Crippen molar-refractivity contribution in [3.05, 3.63) is 76.7 Å². The van der Waals surface area contributed by atoms with Gasteiger partial charge in [-0.05, 0) is 36.6 Å². The zero-order valence-corrected chi connectivity index (χ0v) is 20.1. The highest BCUT2D eigenvalue weighted by atomic mass is 32.2. The number of rotatable bonds is 5. The van der Waals surface area contributed by atoms with Gasteiger partial charge in [-0.3, -0.25) is 14.5 Å². The highest BCUT2D eigenvalue weighted by Gasteiger charge is 2.33. The van der Waals surface area contributed by atoms with Gasteiger partial charge in [-0.25, -0.2) is 4.98 Å². The summed E-state index contributed by atoms with van der Waals surface area (Å²) in [6, 6.07) is 19.9. The quantitative estimate of drug-likeness (QED) is 0.425. The van der Waals surface area contributed by atoms with Crippen molar-refractivity contribution in [3.8, 4) is 0 Å². The van der Waals surface area contributed by atoms with Gasteiger partial charge in [0.1, 0.15) is 10.1 Å². The Hall–Kier alpha value is -3.23. The van der Waals surface area contributed by atoms with Crippen LogP contribution in [0.25, 0.3) is 17.0 Å². The van der Waals surface area contributed by atoms with Gasteiger partial charge in [0.2, 0.25) is 5.91 Å². The highest BCUT2D eigenvalue weighted by Crippen LogP contribution is 2.36. The summed E-state index contributed by atoms with van der Waals surface area (Å²) in [5, 5.41) is 1.00. The first-order valence-corrected chi connectivity index (χ1v) is 12.5. The number of hydrogen-bond acceptors (Lipinski definition) is 6. The lowest BCUT2D eigenvalue weighted by molar-refractivity contribution is -0.123. The van der Waals surface area contributed by atoms with Gasteiger partial charge in [0, 0.05) is 30.0 Å². The Labute approximate surface area is 207 Å². The van der Waals surface area contributed by atoms with Crippen LogP contribution in [0.3, 0.4) is 0 Å². The van der Waals surface area contributed by atoms with E-state index in [1.165, 1.54) is 11.8 Å². The maximum absolute atomic E-state index is 13.3. The van der Waals surface area contributed by atoms with E-state index < -0.39 is 0 Å². The van der Waals surface area contributed by atoms with Crippen LogP contribution in [0.15, 0.2) is 65.6 Å². The molecule has 6 nitrogen and oxygen atoms in total. The Morgan fingerprint density at radius 2 is 1.82 bits per heavy atom. The Morgan fingerprint density at radius 1 is 1.12 bits per heavy atom. The van der Waals surface area contributed by atoms with E-state index in [0.717, 1.165) is 27.8 Å². The average molecular weight is 489 g/mol. The van der Waals surface area contributed by atoms with Crippen molar-refractivity contribution >= 4 is 62.9 Å². The third kappa shape index (κ3) is 4.56. The van der Waals surface area contributed by atoms with Crippen LogP contribution in [0.5, 0.6) is 0 Å². The summed E-state index contributed by atoms with van der Waals surface area (Å²) in [6.45, 7) is 1.83. The number of nitrogens with zero attached hydrogens (tertiary/aromatic N) is 3. The molecular weight excluding hydrogens is 464 g/mol. The molecule has 34 heavy (non-hydrogen) atoms. The van der Waals surface area contributed by atoms with E-state index in [9.17, 15) is 9.59 Å². The number of primary amides is 1. The molecule has 2 aliphatic rings. The molecule has 0 radical (unpaired) electrons. The smallest absolute Gasteiger partial charge is 0.266 e. The number of thioether (sulfide) groups is 1. The van der Waals surface area contributed by atoms with Crippen LogP contribution >= 0.6 is 24.0 Å². The maximum atomic E-state index is 13.3. The molecule has 5 rings (SSSR count). The number of piperidine rings is 1. The van der Waals surface area contributed by atoms with Crippen molar-refractivity contribution in [1.82, 2.24) is 9.88 Å². The summed E-state index contributed by atoms with van der Waals surface area (Å²) in [7, 11) is 0. The predicted octanol–water partition coefficient (Wildman–Crippen LogP) is 4.34. The highest BCUT2D eigenvalue weighted by molar-refractivity contribution is 8.26. The van der Waals surface area contributed by atoms with Gasteiger partial charge in [-0.2, -0.15) is 0 Å². The first-order valence-electron chi connectivity index (χ1n) is 11.2. The summed E-state index contributed by atoms with van der Waals surface area (Å²) < 4.78 is 0.553. The fourth-order valence-electron chi connectivity index (χ4n) is 4.40. The van der Waals surface area contributed by atoms with Crippen molar-refractivity contribution < 1.29 is 9.59 Å². The topological polar surface area (TPSA) is 79.5 Å². The number of fused-ring (bicyclic) bond motifs is 1. The maximum Gasteiger partial charge on any atom is 0.266 e. The lowest BCUT2D eigenvalue weighted by Crippen LogP contribution is -2.39. The Balaban J connectivity index is 1.48. The number of anilines is 1. The van der Waals surface area contributed by atoms with E-state index >= 15 is 0 Å². The number of carbonyl (C=O) groups is 2. The van der Waals surface area contributed by atoms with Crippen molar-refractivity contribution in [1.29, 1.82) is 0 Å². The molecule has 172 valence electrons. The normalized spacial score (nSPS) is 18.3. The van der Waals surface area contributed by atoms with Crippen molar-refractivity contribution in [2.75, 3.05) is 18.0 Å². The molecule has 1 aromatic heterocycles. The number of thiocarbonyl (C=S) groups is 1. The van der Waals surface area contributed by atoms with E-state index in [1.54, 1.807) is 4.90 Å². The van der Waals surface area contributed by atoms with Gasteiger partial charge in [0.05, 0.1) is 17.0 Å². The van der Waals surface area contributed by atoms with Crippen LogP contribution in [0.1, 0.15) is 24.0 Å². The molecule has 0 aliphatic carbocycles. The number of aromatic nitrogens is 1. The standard InChI is InChI=1S/C26H24N4O2S2/c27-23(31)18-10-12-29(13-11-18)24-20(14-19-8-4-5-9-21(19)28-24)15-22-25(32)30(26(33)34-22)16-17-6-2-1-3-7-17/h1-9,14-15,18H,10-13,16H2,(H2,27,31)/b22-15-. The second-order valence-corrected chi connectivity index (χ2v) is 10.2. The average Bonchev–Trinajstić information content (AvgIpc) is 3.11. The molecule has 2 aliphatic heterocycles. The van der Waals surface area contributed by atoms with Gasteiger partial charge >= 0.3 is 0 Å². The molecular formula is C26H24N4O2S2. The zero-order valence-electron chi connectivity index (χ0n) is 18.5. The van der Waals surface area contributed by atoms with Crippen molar-refractivity contribution in [2.24, 2.45) is 11.7 Å². The number of benzene rings is 2. The predicted molar refractivity (Wildman–Crippen MR) is 141 cm³/mol. The number of pyridine rings is 1. The van der Waals surface area contributed by atoms with Crippen LogP contribution in [-0.4, -0.2) is 39.1 Å². The monoisotopic (exact) mass is 488 g/mol. The first-order chi connectivity index (χ1) is 16.5. The van der Waals surface area contributed by atoms with Crippen LogP contribution in [0.4, 0.5) is 5.82 Å². The van der Waals surface area contributed by atoms with Gasteiger partial charge in [0.25, 0.3) is 5.91 Å². The number of hydrogen-bond donors (Lipinski definition) is 1. The third-order valence-corrected chi connectivity index (χ3v) is 7.65. The number of carbonyl (C=O) groups excluding carboxylic acids is 2. The largest absolute Gasteiger partial charge is 0.369 e. The Morgan fingerprint density at radius 3 is 2.56 bits per heavy atom. The molecule has 3 heterocycles. The molecule has 2 N–H and O–H groups in total. The fraction of sp³-hybridized carbons (Fsp3) is 0.231. The van der Waals surface area contributed by atoms with Crippen molar-refractivity contribution in [2.45, 2.75) is 19.4 Å². The lowest BCUT2D eigenvalue weighted by Gasteiger charge is -2.32. The molecule has 0 unspecified atom stereocenters. The summed E-state index contributed by atoms with van der Waals surface area (Å²) in [5.74, 6) is 0.378. The van der Waals surface area contributed by atoms with E-state index in [-0.39, 0.29) is 17.7 Å². The van der Waals surface area contributed by atoms with E-state index in [2.05, 4.69) is 11.0 Å². The molecule has 0 atom stereocenters. The van der Waals surface area contributed by atoms with Crippen LogP contribution in [0, 0.1) is 5.92 Å². The fourth-order valence-corrected chi connectivity index (χ4v) is 5.65. The van der Waals surface area contributed by atoms with Gasteiger partial charge in [-0.15, -0.1) is 0 Å². The summed E-state index contributed by atoms with van der Waals surface area (Å²) in [4.78, 5) is 34.2. The lowest BCUT2D eigenvalue weighted by atomic mass is 9.96. The Kier molecular flexibility index (Phi) is 6.34. The van der Waals surface area contributed by atoms with Crippen LogP contribution in [0.2, 0.25) is 0 Å². The summed E-state index contributed by atoms with van der Waals surface area (Å²) in [6.07, 6.45) is 3.30. The minimum Gasteiger partial charge on any atom is -0.369 e. The molecule has 2 amide bonds. The minimum atomic E-state index is -0.242. The number of nitrogens with two attached hydrogens (primary N) is 1. The SMILES string of the molecule is NC(=O)C1CCN(c2nc3ccccc3cc2/C=C2\SC(=S)N(Cc3ccccc3)C2=O)CC1. The first kappa shape index (κ1) is 22.6. The molecule has 0 saturated carbocycles. The summed E-state index contributed by atoms with van der Waals surface area (Å²) in [5.41, 5.74) is 8.32. The second-order valence-electron chi connectivity index (χ2n) is 8.51. The van der Waals surface area contributed by atoms with Gasteiger partial charge in [-0.1, -0.05) is 72.5 Å². The van der Waals surface area contributed by atoms with Gasteiger partial charge in [0.15, 0.2) is 0 Å². The van der Waals surface area contributed by atoms with E-state index in [1.807, 2.05) is 60.7 Å². The third-order valence-electron chi connectivity index (χ3n) is 6.27. The van der Waals surface area contributed by atoms with E-state index in [4.69, 9.17) is 22.9 Å². The van der Waals surface area contributed by atoms with E-state index in [0.29, 0.717) is 41.7 Å². The molecule has 2 saturated heterocycles. The molecule has 3 aromatic rings.